The number of anilines is 1. The van der Waals surface area contributed by atoms with Crippen molar-refractivity contribution in [1.29, 1.82) is 0 Å². The van der Waals surface area contributed by atoms with E-state index in [1.165, 1.54) is 0 Å². The highest BCUT2D eigenvalue weighted by Crippen LogP contribution is 2.19. The van der Waals surface area contributed by atoms with Gasteiger partial charge in [0.15, 0.2) is 11.1 Å². The Morgan fingerprint density at radius 1 is 1.28 bits per heavy atom. The minimum atomic E-state index is 0.479. The summed E-state index contributed by atoms with van der Waals surface area (Å²) in [6, 6.07) is 7.53. The van der Waals surface area contributed by atoms with Gasteiger partial charge in [-0.25, -0.2) is 9.98 Å². The number of nitrogens with two attached hydrogens (primary N) is 1. The molecule has 1 aromatic heterocycles. The summed E-state index contributed by atoms with van der Waals surface area (Å²) in [4.78, 5) is 13.2. The molecule has 0 atom stereocenters. The van der Waals surface area contributed by atoms with Gasteiger partial charge in [0.2, 0.25) is 0 Å². The van der Waals surface area contributed by atoms with Gasteiger partial charge in [-0.1, -0.05) is 6.07 Å². The van der Waals surface area contributed by atoms with Crippen molar-refractivity contribution in [3.8, 4) is 11.5 Å². The van der Waals surface area contributed by atoms with Crippen LogP contribution in [0.4, 0.5) is 5.13 Å². The van der Waals surface area contributed by atoms with E-state index in [0.29, 0.717) is 19.1 Å². The Hall–Kier alpha value is -2.48. The summed E-state index contributed by atoms with van der Waals surface area (Å²) in [5.74, 6) is 2.12. The lowest BCUT2D eigenvalue weighted by Crippen LogP contribution is -2.51. The third-order valence-electron chi connectivity index (χ3n) is 3.97. The predicted octanol–water partition coefficient (Wildman–Crippen LogP) is 1.67. The number of nitrogens with zero attached hydrogens (tertiary/aromatic N) is 4. The lowest BCUT2D eigenvalue weighted by molar-refractivity contribution is 0.323. The highest BCUT2D eigenvalue weighted by atomic mass is 32.1. The van der Waals surface area contributed by atoms with E-state index in [2.05, 4.69) is 19.8 Å². The minimum absolute atomic E-state index is 0.479. The smallest absolute Gasteiger partial charge is 0.191 e. The Kier molecular flexibility index (Phi) is 5.95. The van der Waals surface area contributed by atoms with Gasteiger partial charge in [-0.05, 0) is 12.1 Å². The lowest BCUT2D eigenvalue weighted by atomic mass is 10.3. The molecule has 2 N–H and O–H groups in total. The zero-order valence-corrected chi connectivity index (χ0v) is 15.1. The number of guanidine groups is 1. The molecule has 0 bridgehead atoms. The van der Waals surface area contributed by atoms with Gasteiger partial charge < -0.3 is 25.0 Å². The van der Waals surface area contributed by atoms with Gasteiger partial charge in [0.1, 0.15) is 18.1 Å². The van der Waals surface area contributed by atoms with E-state index in [1.807, 2.05) is 35.8 Å². The van der Waals surface area contributed by atoms with Gasteiger partial charge >= 0.3 is 0 Å². The van der Waals surface area contributed by atoms with E-state index in [-0.39, 0.29) is 0 Å². The van der Waals surface area contributed by atoms with Crippen molar-refractivity contribution >= 4 is 22.4 Å². The Morgan fingerprint density at radius 3 is 2.80 bits per heavy atom. The number of hydrogen-bond acceptors (Lipinski definition) is 6. The Balaban J connectivity index is 1.41. The molecule has 0 saturated carbocycles. The number of thiazole rings is 1. The fraction of sp³-hybridized carbons (Fsp3) is 0.412. The summed E-state index contributed by atoms with van der Waals surface area (Å²) in [5, 5.41) is 3.07. The van der Waals surface area contributed by atoms with Crippen LogP contribution in [0.3, 0.4) is 0 Å². The first kappa shape index (κ1) is 17.3. The second-order valence-corrected chi connectivity index (χ2v) is 6.43. The van der Waals surface area contributed by atoms with Gasteiger partial charge in [-0.15, -0.1) is 11.3 Å². The third kappa shape index (κ3) is 4.76. The van der Waals surface area contributed by atoms with E-state index >= 15 is 0 Å². The van der Waals surface area contributed by atoms with Crippen LogP contribution < -0.4 is 20.1 Å². The largest absolute Gasteiger partial charge is 0.497 e. The van der Waals surface area contributed by atoms with Crippen LogP contribution in [-0.2, 0) is 0 Å². The number of aliphatic imine (C=N–C) groups is 1. The molecule has 3 rings (SSSR count). The SMILES string of the molecule is COc1cccc(OCCN=C(N)N2CCN(c3nccs3)CC2)c1. The summed E-state index contributed by atoms with van der Waals surface area (Å²) >= 11 is 1.67. The second-order valence-electron chi connectivity index (χ2n) is 5.56. The molecule has 1 fully saturated rings. The van der Waals surface area contributed by atoms with E-state index in [0.717, 1.165) is 42.8 Å². The van der Waals surface area contributed by atoms with E-state index in [4.69, 9.17) is 15.2 Å². The van der Waals surface area contributed by atoms with E-state index in [9.17, 15) is 0 Å². The number of piperazine rings is 1. The molecule has 1 aromatic carbocycles. The van der Waals surface area contributed by atoms with Gasteiger partial charge in [0.05, 0.1) is 13.7 Å². The molecule has 0 aliphatic carbocycles. The molecule has 134 valence electrons. The molecular weight excluding hydrogens is 338 g/mol. The number of ether oxygens (including phenoxy) is 2. The number of hydrogen-bond donors (Lipinski definition) is 1. The van der Waals surface area contributed by atoms with Crippen LogP contribution in [0.25, 0.3) is 0 Å². The number of methoxy groups -OCH3 is 1. The lowest BCUT2D eigenvalue weighted by Gasteiger charge is -2.35. The maximum Gasteiger partial charge on any atom is 0.191 e. The molecule has 0 spiro atoms. The van der Waals surface area contributed by atoms with Crippen molar-refractivity contribution in [1.82, 2.24) is 9.88 Å². The third-order valence-corrected chi connectivity index (χ3v) is 4.80. The van der Waals surface area contributed by atoms with Crippen molar-refractivity contribution in [2.45, 2.75) is 0 Å². The average Bonchev–Trinajstić information content (AvgIpc) is 3.20. The molecule has 2 heterocycles. The van der Waals surface area contributed by atoms with Crippen LogP contribution in [0.5, 0.6) is 11.5 Å². The number of aromatic nitrogens is 1. The van der Waals surface area contributed by atoms with Crippen molar-refractivity contribution in [3.63, 3.8) is 0 Å². The Labute approximate surface area is 151 Å². The molecule has 0 unspecified atom stereocenters. The molecule has 0 amide bonds. The fourth-order valence-electron chi connectivity index (χ4n) is 2.61. The minimum Gasteiger partial charge on any atom is -0.497 e. The summed E-state index contributed by atoms with van der Waals surface area (Å²) in [6.07, 6.45) is 1.84. The highest BCUT2D eigenvalue weighted by molar-refractivity contribution is 7.13. The predicted molar refractivity (Wildman–Crippen MR) is 101 cm³/mol. The van der Waals surface area contributed by atoms with E-state index in [1.54, 1.807) is 18.4 Å². The topological polar surface area (TPSA) is 76.2 Å². The molecule has 1 aliphatic rings. The molecule has 0 radical (unpaired) electrons. The fourth-order valence-corrected chi connectivity index (χ4v) is 3.31. The van der Waals surface area contributed by atoms with Gasteiger partial charge in [-0.2, -0.15) is 0 Å². The van der Waals surface area contributed by atoms with Crippen molar-refractivity contribution in [2.24, 2.45) is 10.7 Å². The summed E-state index contributed by atoms with van der Waals surface area (Å²) in [5.41, 5.74) is 6.11. The first-order valence-corrected chi connectivity index (χ1v) is 9.10. The van der Waals surface area contributed by atoms with Crippen molar-refractivity contribution in [3.05, 3.63) is 35.8 Å². The van der Waals surface area contributed by atoms with Crippen LogP contribution in [-0.4, -0.2) is 62.3 Å². The maximum absolute atomic E-state index is 6.11. The molecule has 7 nitrogen and oxygen atoms in total. The highest BCUT2D eigenvalue weighted by Gasteiger charge is 2.19. The maximum atomic E-state index is 6.11. The zero-order valence-electron chi connectivity index (χ0n) is 14.3. The number of benzene rings is 1. The van der Waals surface area contributed by atoms with Gasteiger partial charge in [0, 0.05) is 43.8 Å². The zero-order chi connectivity index (χ0) is 17.5. The normalized spacial score (nSPS) is 15.3. The summed E-state index contributed by atoms with van der Waals surface area (Å²) in [6.45, 7) is 4.52. The van der Waals surface area contributed by atoms with E-state index < -0.39 is 0 Å². The van der Waals surface area contributed by atoms with Crippen LogP contribution in [0.15, 0.2) is 40.8 Å². The van der Waals surface area contributed by atoms with Crippen LogP contribution >= 0.6 is 11.3 Å². The molecule has 1 saturated heterocycles. The van der Waals surface area contributed by atoms with Gasteiger partial charge in [-0.3, -0.25) is 0 Å². The monoisotopic (exact) mass is 361 g/mol. The quantitative estimate of drug-likeness (QED) is 0.479. The van der Waals surface area contributed by atoms with Crippen LogP contribution in [0, 0.1) is 0 Å². The number of rotatable bonds is 6. The first-order valence-electron chi connectivity index (χ1n) is 8.22. The summed E-state index contributed by atoms with van der Waals surface area (Å²) in [7, 11) is 1.64. The Bertz CT molecular complexity index is 684. The molecule has 2 aromatic rings. The second kappa shape index (κ2) is 8.57. The van der Waals surface area contributed by atoms with Crippen LogP contribution in [0.2, 0.25) is 0 Å². The standard InChI is InChI=1S/C17H23N5O2S/c1-23-14-3-2-4-15(13-14)24-11-5-19-16(18)21-7-9-22(10-8-21)17-20-6-12-25-17/h2-4,6,12-13H,5,7-11H2,1H3,(H2,18,19). The first-order chi connectivity index (χ1) is 12.3. The van der Waals surface area contributed by atoms with Crippen molar-refractivity contribution in [2.75, 3.05) is 51.3 Å². The molecular formula is C17H23N5O2S. The van der Waals surface area contributed by atoms with Crippen molar-refractivity contribution < 1.29 is 9.47 Å². The average molecular weight is 361 g/mol. The molecule has 25 heavy (non-hydrogen) atoms. The Morgan fingerprint density at radius 2 is 2.08 bits per heavy atom. The summed E-state index contributed by atoms with van der Waals surface area (Å²) < 4.78 is 10.8. The van der Waals surface area contributed by atoms with Crippen LogP contribution in [0.1, 0.15) is 0 Å². The molecule has 8 heteroatoms. The molecule has 1 aliphatic heterocycles. The van der Waals surface area contributed by atoms with Gasteiger partial charge in [0.25, 0.3) is 0 Å².